The van der Waals surface area contributed by atoms with E-state index in [2.05, 4.69) is 4.98 Å². The lowest BCUT2D eigenvalue weighted by Gasteiger charge is -2.24. The molecule has 1 N–H and O–H groups in total. The van der Waals surface area contributed by atoms with E-state index in [1.165, 1.54) is 4.90 Å². The molecule has 1 fully saturated rings. The van der Waals surface area contributed by atoms with Gasteiger partial charge in [0.2, 0.25) is 0 Å². The number of aromatic nitrogens is 1. The number of amides is 1. The van der Waals surface area contributed by atoms with E-state index in [4.69, 9.17) is 9.84 Å². The Bertz CT molecular complexity index is 498. The van der Waals surface area contributed by atoms with Crippen LogP contribution in [0.1, 0.15) is 24.8 Å². The molecular formula is C14H18N2O4. The maximum Gasteiger partial charge on any atom is 0.305 e. The van der Waals surface area contributed by atoms with Gasteiger partial charge in [-0.25, -0.2) is 4.98 Å². The number of anilines is 1. The van der Waals surface area contributed by atoms with Crippen LogP contribution < -0.4 is 4.90 Å². The molecule has 0 aromatic carbocycles. The maximum absolute atomic E-state index is 12.4. The van der Waals surface area contributed by atoms with E-state index >= 15 is 0 Å². The average molecular weight is 278 g/mol. The first-order chi connectivity index (χ1) is 9.58. The molecule has 1 saturated heterocycles. The minimum absolute atomic E-state index is 0.102. The van der Waals surface area contributed by atoms with Crippen molar-refractivity contribution in [2.24, 2.45) is 0 Å². The number of carbonyl (C=O) groups excluding carboxylic acids is 1. The molecule has 1 aromatic heterocycles. The van der Waals surface area contributed by atoms with Crippen LogP contribution in [-0.2, 0) is 14.3 Å². The van der Waals surface area contributed by atoms with Crippen LogP contribution >= 0.6 is 0 Å². The van der Waals surface area contributed by atoms with Crippen molar-refractivity contribution in [1.82, 2.24) is 4.98 Å². The number of carbonyl (C=O) groups is 2. The van der Waals surface area contributed by atoms with Gasteiger partial charge in [0, 0.05) is 19.3 Å². The summed E-state index contributed by atoms with van der Waals surface area (Å²) in [6.07, 6.45) is 2.54. The van der Waals surface area contributed by atoms with Gasteiger partial charge in [-0.1, -0.05) is 0 Å². The van der Waals surface area contributed by atoms with Crippen LogP contribution in [0.25, 0.3) is 0 Å². The molecule has 6 heteroatoms. The van der Waals surface area contributed by atoms with E-state index in [9.17, 15) is 9.59 Å². The highest BCUT2D eigenvalue weighted by Crippen LogP contribution is 2.20. The molecule has 1 aliphatic rings. The van der Waals surface area contributed by atoms with Crippen LogP contribution in [0.5, 0.6) is 0 Å². The predicted octanol–water partition coefficient (Wildman–Crippen LogP) is 1.38. The van der Waals surface area contributed by atoms with E-state index in [1.807, 2.05) is 13.0 Å². The van der Waals surface area contributed by atoms with Crippen LogP contribution in [0.15, 0.2) is 18.3 Å². The lowest BCUT2D eigenvalue weighted by atomic mass is 10.2. The monoisotopic (exact) mass is 278 g/mol. The number of pyridine rings is 1. The number of nitrogens with zero attached hydrogens (tertiary/aromatic N) is 2. The lowest BCUT2D eigenvalue weighted by Crippen LogP contribution is -2.40. The number of rotatable bonds is 5. The summed E-state index contributed by atoms with van der Waals surface area (Å²) >= 11 is 0. The maximum atomic E-state index is 12.4. The Morgan fingerprint density at radius 3 is 2.95 bits per heavy atom. The van der Waals surface area contributed by atoms with Crippen molar-refractivity contribution in [2.75, 3.05) is 18.1 Å². The zero-order valence-corrected chi connectivity index (χ0v) is 11.4. The molecule has 0 spiro atoms. The first kappa shape index (κ1) is 14.5. The van der Waals surface area contributed by atoms with Crippen LogP contribution in [0.2, 0.25) is 0 Å². The van der Waals surface area contributed by atoms with Gasteiger partial charge in [0.25, 0.3) is 5.91 Å². The quantitative estimate of drug-likeness (QED) is 0.880. The third-order valence-electron chi connectivity index (χ3n) is 3.20. The Morgan fingerprint density at radius 2 is 2.35 bits per heavy atom. The van der Waals surface area contributed by atoms with Gasteiger partial charge < -0.3 is 9.84 Å². The second kappa shape index (κ2) is 6.47. The van der Waals surface area contributed by atoms with Gasteiger partial charge in [0.05, 0.1) is 6.42 Å². The summed E-state index contributed by atoms with van der Waals surface area (Å²) in [5.74, 6) is -0.670. The number of carboxylic acid groups (broad SMARTS) is 1. The average Bonchev–Trinajstić information content (AvgIpc) is 2.92. The van der Waals surface area contributed by atoms with Crippen molar-refractivity contribution < 1.29 is 19.4 Å². The molecule has 0 bridgehead atoms. The molecule has 2 rings (SSSR count). The Kier molecular flexibility index (Phi) is 4.68. The topological polar surface area (TPSA) is 79.7 Å². The third-order valence-corrected chi connectivity index (χ3v) is 3.20. The van der Waals surface area contributed by atoms with Gasteiger partial charge in [-0.15, -0.1) is 0 Å². The highest BCUT2D eigenvalue weighted by atomic mass is 16.5. The minimum Gasteiger partial charge on any atom is -0.481 e. The Labute approximate surface area is 117 Å². The molecule has 0 saturated carbocycles. The SMILES string of the molecule is Cc1ccnc(N(CCC(=O)O)C(=O)C2CCCO2)c1. The molecule has 6 nitrogen and oxygen atoms in total. The number of hydrogen-bond acceptors (Lipinski definition) is 4. The second-order valence-electron chi connectivity index (χ2n) is 4.83. The molecule has 0 aliphatic carbocycles. The Balaban J connectivity index is 2.19. The first-order valence-corrected chi connectivity index (χ1v) is 6.65. The molecular weight excluding hydrogens is 260 g/mol. The molecule has 108 valence electrons. The van der Waals surface area contributed by atoms with Gasteiger partial charge in [0.1, 0.15) is 11.9 Å². The van der Waals surface area contributed by atoms with Gasteiger partial charge in [-0.05, 0) is 37.5 Å². The highest BCUT2D eigenvalue weighted by Gasteiger charge is 2.29. The van der Waals surface area contributed by atoms with E-state index in [0.717, 1.165) is 12.0 Å². The number of ether oxygens (including phenoxy) is 1. The fraction of sp³-hybridized carbons (Fsp3) is 0.500. The van der Waals surface area contributed by atoms with E-state index in [0.29, 0.717) is 18.8 Å². The van der Waals surface area contributed by atoms with Gasteiger partial charge in [-0.3, -0.25) is 14.5 Å². The Morgan fingerprint density at radius 1 is 1.55 bits per heavy atom. The lowest BCUT2D eigenvalue weighted by molar-refractivity contribution is -0.136. The Hall–Kier alpha value is -1.95. The molecule has 20 heavy (non-hydrogen) atoms. The molecule has 1 aromatic rings. The number of hydrogen-bond donors (Lipinski definition) is 1. The number of aliphatic carboxylic acids is 1. The zero-order chi connectivity index (χ0) is 14.5. The van der Waals surface area contributed by atoms with Crippen LogP contribution in [0, 0.1) is 6.92 Å². The van der Waals surface area contributed by atoms with Gasteiger partial charge >= 0.3 is 5.97 Å². The fourth-order valence-electron chi connectivity index (χ4n) is 2.16. The molecule has 2 heterocycles. The van der Waals surface area contributed by atoms with Crippen molar-refractivity contribution in [3.8, 4) is 0 Å². The summed E-state index contributed by atoms with van der Waals surface area (Å²) in [4.78, 5) is 28.8. The molecule has 1 atom stereocenters. The summed E-state index contributed by atoms with van der Waals surface area (Å²) in [6, 6.07) is 3.60. The smallest absolute Gasteiger partial charge is 0.305 e. The highest BCUT2D eigenvalue weighted by molar-refractivity contribution is 5.96. The van der Waals surface area contributed by atoms with E-state index in [-0.39, 0.29) is 18.9 Å². The van der Waals surface area contributed by atoms with E-state index < -0.39 is 12.1 Å². The van der Waals surface area contributed by atoms with Crippen molar-refractivity contribution >= 4 is 17.7 Å². The second-order valence-corrected chi connectivity index (χ2v) is 4.83. The summed E-state index contributed by atoms with van der Waals surface area (Å²) < 4.78 is 5.39. The third kappa shape index (κ3) is 3.54. The normalized spacial score (nSPS) is 17.9. The first-order valence-electron chi connectivity index (χ1n) is 6.65. The van der Waals surface area contributed by atoms with Crippen molar-refractivity contribution in [1.29, 1.82) is 0 Å². The van der Waals surface area contributed by atoms with Crippen LogP contribution in [0.3, 0.4) is 0 Å². The summed E-state index contributed by atoms with van der Waals surface area (Å²) in [7, 11) is 0. The molecule has 1 amide bonds. The zero-order valence-electron chi connectivity index (χ0n) is 11.4. The number of carboxylic acids is 1. The molecule has 1 unspecified atom stereocenters. The fourth-order valence-corrected chi connectivity index (χ4v) is 2.16. The molecule has 1 aliphatic heterocycles. The molecule has 0 radical (unpaired) electrons. The predicted molar refractivity (Wildman–Crippen MR) is 72.6 cm³/mol. The summed E-state index contributed by atoms with van der Waals surface area (Å²) in [5.41, 5.74) is 0.968. The van der Waals surface area contributed by atoms with E-state index in [1.54, 1.807) is 12.3 Å². The standard InChI is InChI=1S/C14H18N2O4/c1-10-4-6-15-12(9-10)16(7-5-13(17)18)14(19)11-3-2-8-20-11/h4,6,9,11H,2-3,5,7-8H2,1H3,(H,17,18). The van der Waals surface area contributed by atoms with Crippen molar-refractivity contribution in [3.63, 3.8) is 0 Å². The minimum atomic E-state index is -0.942. The van der Waals surface area contributed by atoms with Gasteiger partial charge in [0.15, 0.2) is 0 Å². The van der Waals surface area contributed by atoms with Crippen molar-refractivity contribution in [2.45, 2.75) is 32.3 Å². The van der Waals surface area contributed by atoms with Crippen LogP contribution in [0.4, 0.5) is 5.82 Å². The number of aryl methyl sites for hydroxylation is 1. The van der Waals surface area contributed by atoms with Crippen molar-refractivity contribution in [3.05, 3.63) is 23.9 Å². The summed E-state index contributed by atoms with van der Waals surface area (Å²) in [5, 5.41) is 8.82. The van der Waals surface area contributed by atoms with Gasteiger partial charge in [-0.2, -0.15) is 0 Å². The summed E-state index contributed by atoms with van der Waals surface area (Å²) in [6.45, 7) is 2.58. The van der Waals surface area contributed by atoms with Crippen LogP contribution in [-0.4, -0.2) is 41.2 Å². The largest absolute Gasteiger partial charge is 0.481 e.